The van der Waals surface area contributed by atoms with E-state index in [1.165, 1.54) is 0 Å². The van der Waals surface area contributed by atoms with Crippen molar-refractivity contribution >= 4 is 17.9 Å². The summed E-state index contributed by atoms with van der Waals surface area (Å²) in [6, 6.07) is 3.95. The number of carboxylic acid groups (broad SMARTS) is 1. The average Bonchev–Trinajstić information content (AvgIpc) is 2.83. The predicted octanol–water partition coefficient (Wildman–Crippen LogP) is 3.70. The van der Waals surface area contributed by atoms with Crippen LogP contribution in [0.25, 0.3) is 0 Å². The minimum absolute atomic E-state index is 0.00940. The SMILES string of the molecule is CC(C)(C)c1cc(CCC(=O)OCCOCCOCCOCCOC(=O)/C=C\C(=O)O)cc(C(C)(C)C)c1O. The summed E-state index contributed by atoms with van der Waals surface area (Å²) in [5.74, 6) is -1.96. The molecule has 0 saturated carbocycles. The number of phenolic OH excluding ortho intramolecular Hbond substituents is 1. The number of aryl methyl sites for hydroxylation is 1. The molecule has 39 heavy (non-hydrogen) atoms. The van der Waals surface area contributed by atoms with Crippen LogP contribution in [0, 0.1) is 0 Å². The fourth-order valence-corrected chi connectivity index (χ4v) is 3.45. The molecule has 0 aliphatic rings. The first-order chi connectivity index (χ1) is 18.2. The Morgan fingerprint density at radius 3 is 1.59 bits per heavy atom. The highest BCUT2D eigenvalue weighted by atomic mass is 16.6. The van der Waals surface area contributed by atoms with Gasteiger partial charge in [-0.15, -0.1) is 0 Å². The monoisotopic (exact) mass is 552 g/mol. The van der Waals surface area contributed by atoms with Gasteiger partial charge in [-0.3, -0.25) is 4.79 Å². The molecule has 10 heteroatoms. The van der Waals surface area contributed by atoms with Gasteiger partial charge in [0.15, 0.2) is 0 Å². The number of hydrogen-bond acceptors (Lipinski definition) is 9. The molecule has 220 valence electrons. The van der Waals surface area contributed by atoms with Gasteiger partial charge < -0.3 is 33.9 Å². The van der Waals surface area contributed by atoms with Gasteiger partial charge >= 0.3 is 17.9 Å². The van der Waals surface area contributed by atoms with Crippen LogP contribution in [0.15, 0.2) is 24.3 Å². The third kappa shape index (κ3) is 14.7. The molecule has 2 N–H and O–H groups in total. The fourth-order valence-electron chi connectivity index (χ4n) is 3.45. The number of aliphatic carboxylic acids is 1. The minimum Gasteiger partial charge on any atom is -0.507 e. The van der Waals surface area contributed by atoms with E-state index in [1.807, 2.05) is 12.1 Å². The molecule has 0 aliphatic carbocycles. The summed E-state index contributed by atoms with van der Waals surface area (Å²) in [6.45, 7) is 14.2. The number of carbonyl (C=O) groups excluding carboxylic acids is 2. The standard InChI is InChI=1S/C29H44O10/c1-28(2,3)22-19-21(20-23(27(22)34)29(4,5)6)7-9-25(32)38-17-15-36-13-11-35-12-14-37-16-18-39-26(33)10-8-24(30)31/h8,10,19-20,34H,7,9,11-18H2,1-6H3,(H,30,31)/b10-8-. The van der Waals surface area contributed by atoms with E-state index >= 15 is 0 Å². The minimum atomic E-state index is -1.23. The molecule has 0 spiro atoms. The Morgan fingerprint density at radius 1 is 0.718 bits per heavy atom. The number of benzene rings is 1. The molecule has 10 nitrogen and oxygen atoms in total. The van der Waals surface area contributed by atoms with Crippen LogP contribution in [0.5, 0.6) is 5.75 Å². The normalized spacial score (nSPS) is 12.1. The van der Waals surface area contributed by atoms with Crippen molar-refractivity contribution in [1.29, 1.82) is 0 Å². The fraction of sp³-hybridized carbons (Fsp3) is 0.621. The van der Waals surface area contributed by atoms with Gasteiger partial charge in [-0.2, -0.15) is 0 Å². The van der Waals surface area contributed by atoms with Crippen molar-refractivity contribution < 1.29 is 48.3 Å². The topological polar surface area (TPSA) is 138 Å². The highest BCUT2D eigenvalue weighted by Gasteiger charge is 2.26. The summed E-state index contributed by atoms with van der Waals surface area (Å²) in [5.41, 5.74) is 2.28. The molecule has 1 rings (SSSR count). The van der Waals surface area contributed by atoms with E-state index in [0.717, 1.165) is 22.8 Å². The molecular weight excluding hydrogens is 508 g/mol. The van der Waals surface area contributed by atoms with E-state index in [1.54, 1.807) is 0 Å². The first kappa shape index (κ1) is 34.1. The Hall–Kier alpha value is -2.95. The number of rotatable bonds is 17. The van der Waals surface area contributed by atoms with E-state index in [0.29, 0.717) is 44.7 Å². The van der Waals surface area contributed by atoms with E-state index < -0.39 is 11.9 Å². The Morgan fingerprint density at radius 2 is 1.15 bits per heavy atom. The second kappa shape index (κ2) is 16.9. The first-order valence-corrected chi connectivity index (χ1v) is 13.0. The second-order valence-corrected chi connectivity index (χ2v) is 10.9. The molecule has 0 radical (unpaired) electrons. The van der Waals surface area contributed by atoms with Crippen LogP contribution < -0.4 is 0 Å². The smallest absolute Gasteiger partial charge is 0.331 e. The van der Waals surface area contributed by atoms with Crippen molar-refractivity contribution in [3.63, 3.8) is 0 Å². The Kier molecular flexibility index (Phi) is 14.8. The number of ether oxygens (including phenoxy) is 5. The van der Waals surface area contributed by atoms with Crippen LogP contribution in [-0.4, -0.2) is 81.0 Å². The Labute approximate surface area is 231 Å². The summed E-state index contributed by atoms with van der Waals surface area (Å²) in [7, 11) is 0. The number of hydrogen-bond donors (Lipinski definition) is 2. The zero-order valence-electron chi connectivity index (χ0n) is 24.0. The highest BCUT2D eigenvalue weighted by Crippen LogP contribution is 2.40. The van der Waals surface area contributed by atoms with Crippen LogP contribution in [-0.2, 0) is 55.3 Å². The number of phenols is 1. The van der Waals surface area contributed by atoms with Crippen molar-refractivity contribution in [2.45, 2.75) is 65.2 Å². The van der Waals surface area contributed by atoms with E-state index in [9.17, 15) is 19.5 Å². The second-order valence-electron chi connectivity index (χ2n) is 10.9. The van der Waals surface area contributed by atoms with Crippen molar-refractivity contribution in [2.24, 2.45) is 0 Å². The number of esters is 2. The molecule has 0 aromatic heterocycles. The molecule has 0 heterocycles. The molecule has 1 aromatic carbocycles. The summed E-state index contributed by atoms with van der Waals surface area (Å²) in [4.78, 5) is 33.6. The van der Waals surface area contributed by atoms with Gasteiger partial charge in [-0.1, -0.05) is 53.7 Å². The molecule has 1 aromatic rings. The number of aromatic hydroxyl groups is 1. The van der Waals surface area contributed by atoms with Gasteiger partial charge in [0.1, 0.15) is 19.0 Å². The number of carbonyl (C=O) groups is 3. The third-order valence-corrected chi connectivity index (χ3v) is 5.47. The van der Waals surface area contributed by atoms with Gasteiger partial charge in [-0.25, -0.2) is 9.59 Å². The van der Waals surface area contributed by atoms with Crippen molar-refractivity contribution in [3.8, 4) is 5.75 Å². The third-order valence-electron chi connectivity index (χ3n) is 5.47. The van der Waals surface area contributed by atoms with Gasteiger partial charge in [0, 0.05) is 18.6 Å². The molecular formula is C29H44O10. The van der Waals surface area contributed by atoms with Crippen LogP contribution in [0.3, 0.4) is 0 Å². The quantitative estimate of drug-likeness (QED) is 0.167. The van der Waals surface area contributed by atoms with Crippen LogP contribution in [0.1, 0.15) is 64.7 Å². The molecule has 0 fully saturated rings. The van der Waals surface area contributed by atoms with Crippen molar-refractivity contribution in [3.05, 3.63) is 41.0 Å². The maximum absolute atomic E-state index is 12.2. The first-order valence-electron chi connectivity index (χ1n) is 13.0. The lowest BCUT2D eigenvalue weighted by Crippen LogP contribution is -2.18. The molecule has 0 bridgehead atoms. The van der Waals surface area contributed by atoms with E-state index in [2.05, 4.69) is 41.5 Å². The maximum atomic E-state index is 12.2. The zero-order valence-corrected chi connectivity index (χ0v) is 24.0. The van der Waals surface area contributed by atoms with Crippen molar-refractivity contribution in [2.75, 3.05) is 52.9 Å². The van der Waals surface area contributed by atoms with Crippen molar-refractivity contribution in [1.82, 2.24) is 0 Å². The summed E-state index contributed by atoms with van der Waals surface area (Å²) in [5, 5.41) is 19.2. The number of carboxylic acids is 1. The lowest BCUT2D eigenvalue weighted by molar-refractivity contribution is -0.145. The summed E-state index contributed by atoms with van der Waals surface area (Å²) < 4.78 is 26.0. The van der Waals surface area contributed by atoms with Crippen LogP contribution in [0.2, 0.25) is 0 Å². The van der Waals surface area contributed by atoms with E-state index in [4.69, 9.17) is 28.8 Å². The van der Waals surface area contributed by atoms with Gasteiger partial charge in [0.05, 0.1) is 39.6 Å². The lowest BCUT2D eigenvalue weighted by atomic mass is 9.78. The Bertz CT molecular complexity index is 919. The van der Waals surface area contributed by atoms with Gasteiger partial charge in [-0.05, 0) is 33.9 Å². The summed E-state index contributed by atoms with van der Waals surface area (Å²) >= 11 is 0. The molecule has 0 amide bonds. The molecule has 0 atom stereocenters. The maximum Gasteiger partial charge on any atom is 0.331 e. The van der Waals surface area contributed by atoms with Gasteiger partial charge in [0.25, 0.3) is 0 Å². The largest absolute Gasteiger partial charge is 0.507 e. The highest BCUT2D eigenvalue weighted by molar-refractivity contribution is 5.90. The Balaban J connectivity index is 2.17. The average molecular weight is 553 g/mol. The van der Waals surface area contributed by atoms with Crippen LogP contribution >= 0.6 is 0 Å². The lowest BCUT2D eigenvalue weighted by Gasteiger charge is -2.28. The van der Waals surface area contributed by atoms with E-state index in [-0.39, 0.29) is 49.6 Å². The van der Waals surface area contributed by atoms with Crippen LogP contribution in [0.4, 0.5) is 0 Å². The zero-order chi connectivity index (χ0) is 29.5. The predicted molar refractivity (Wildman–Crippen MR) is 145 cm³/mol. The molecule has 0 unspecified atom stereocenters. The molecule has 0 aliphatic heterocycles. The summed E-state index contributed by atoms with van der Waals surface area (Å²) in [6.07, 6.45) is 2.29. The van der Waals surface area contributed by atoms with Gasteiger partial charge in [0.2, 0.25) is 0 Å². The molecule has 0 saturated heterocycles.